The van der Waals surface area contributed by atoms with Crippen LogP contribution in [-0.2, 0) is 25.9 Å². The summed E-state index contributed by atoms with van der Waals surface area (Å²) in [5.74, 6) is 1.87. The van der Waals surface area contributed by atoms with E-state index in [4.69, 9.17) is 9.73 Å². The highest BCUT2D eigenvalue weighted by Crippen LogP contribution is 2.25. The zero-order valence-corrected chi connectivity index (χ0v) is 17.3. The number of rotatable bonds is 8. The molecule has 0 saturated carbocycles. The van der Waals surface area contributed by atoms with Gasteiger partial charge in [0.15, 0.2) is 5.96 Å². The Hall–Kier alpha value is -3.35. The molecule has 0 atom stereocenters. The Morgan fingerprint density at radius 3 is 2.93 bits per heavy atom. The van der Waals surface area contributed by atoms with E-state index >= 15 is 0 Å². The molecule has 2 heterocycles. The number of hydrogen-bond donors (Lipinski definition) is 2. The maximum Gasteiger partial charge on any atom is 0.191 e. The fourth-order valence-electron chi connectivity index (χ4n) is 3.56. The molecule has 2 N–H and O–H groups in total. The van der Waals surface area contributed by atoms with E-state index in [1.54, 1.807) is 12.7 Å². The van der Waals surface area contributed by atoms with Crippen LogP contribution in [0.3, 0.4) is 0 Å². The van der Waals surface area contributed by atoms with E-state index < -0.39 is 0 Å². The highest BCUT2D eigenvalue weighted by Gasteiger charge is 2.11. The summed E-state index contributed by atoms with van der Waals surface area (Å²) in [4.78, 5) is 8.75. The van der Waals surface area contributed by atoms with E-state index in [-0.39, 0.29) is 0 Å². The molecule has 3 aromatic rings. The summed E-state index contributed by atoms with van der Waals surface area (Å²) in [5, 5.41) is 10.9. The number of aromatic nitrogens is 3. The van der Waals surface area contributed by atoms with Gasteiger partial charge >= 0.3 is 0 Å². The Morgan fingerprint density at radius 1 is 1.13 bits per heavy atom. The largest absolute Gasteiger partial charge is 0.493 e. The first-order chi connectivity index (χ1) is 14.8. The molecule has 7 nitrogen and oxygen atoms in total. The Labute approximate surface area is 177 Å². The van der Waals surface area contributed by atoms with Crippen LogP contribution in [0, 0.1) is 0 Å². The van der Waals surface area contributed by atoms with Crippen LogP contribution in [0.4, 0.5) is 0 Å². The topological polar surface area (TPSA) is 76.4 Å². The number of aliphatic imine (C=N–C) groups is 1. The molecular weight excluding hydrogens is 376 g/mol. The summed E-state index contributed by atoms with van der Waals surface area (Å²) in [5.41, 5.74) is 5.00. The molecule has 7 heteroatoms. The van der Waals surface area contributed by atoms with Crippen LogP contribution in [0.1, 0.15) is 29.2 Å². The third kappa shape index (κ3) is 5.37. The summed E-state index contributed by atoms with van der Waals surface area (Å²) in [7, 11) is 0. The van der Waals surface area contributed by atoms with Crippen molar-refractivity contribution in [2.75, 3.05) is 19.7 Å². The zero-order chi connectivity index (χ0) is 20.6. The van der Waals surface area contributed by atoms with Crippen LogP contribution < -0.4 is 15.4 Å². The first kappa shape index (κ1) is 19.9. The minimum atomic E-state index is 0.622. The Bertz CT molecular complexity index is 983. The molecule has 1 aromatic heterocycles. The maximum atomic E-state index is 5.59. The molecule has 30 heavy (non-hydrogen) atoms. The van der Waals surface area contributed by atoms with Crippen molar-refractivity contribution in [3.05, 3.63) is 77.4 Å². The predicted octanol–water partition coefficient (Wildman–Crippen LogP) is 2.56. The minimum Gasteiger partial charge on any atom is -0.493 e. The lowest BCUT2D eigenvalue weighted by atomic mass is 10.1. The van der Waals surface area contributed by atoms with Gasteiger partial charge in [0, 0.05) is 19.5 Å². The van der Waals surface area contributed by atoms with Gasteiger partial charge < -0.3 is 15.4 Å². The molecule has 1 aliphatic heterocycles. The van der Waals surface area contributed by atoms with Crippen molar-refractivity contribution >= 4 is 5.96 Å². The van der Waals surface area contributed by atoms with Crippen LogP contribution in [0.15, 0.2) is 60.1 Å². The van der Waals surface area contributed by atoms with Crippen LogP contribution in [0.5, 0.6) is 5.75 Å². The second-order valence-electron chi connectivity index (χ2n) is 7.33. The molecule has 0 spiro atoms. The first-order valence-corrected chi connectivity index (χ1v) is 10.5. The van der Waals surface area contributed by atoms with Gasteiger partial charge in [-0.15, -0.1) is 0 Å². The fourth-order valence-corrected chi connectivity index (χ4v) is 3.56. The van der Waals surface area contributed by atoms with Crippen molar-refractivity contribution in [1.29, 1.82) is 0 Å². The van der Waals surface area contributed by atoms with E-state index in [0.717, 1.165) is 44.2 Å². The minimum absolute atomic E-state index is 0.622. The van der Waals surface area contributed by atoms with Gasteiger partial charge in [0.05, 0.1) is 19.7 Å². The van der Waals surface area contributed by atoms with E-state index in [1.165, 1.54) is 22.3 Å². The monoisotopic (exact) mass is 404 g/mol. The number of fused-ring (bicyclic) bond motifs is 1. The van der Waals surface area contributed by atoms with Crippen molar-refractivity contribution in [2.24, 2.45) is 4.99 Å². The van der Waals surface area contributed by atoms with E-state index in [9.17, 15) is 0 Å². The lowest BCUT2D eigenvalue weighted by molar-refractivity contribution is 0.357. The smallest absolute Gasteiger partial charge is 0.191 e. The summed E-state index contributed by atoms with van der Waals surface area (Å²) in [6.07, 6.45) is 5.24. The third-order valence-electron chi connectivity index (χ3n) is 5.03. The van der Waals surface area contributed by atoms with Gasteiger partial charge in [0.1, 0.15) is 18.4 Å². The lowest BCUT2D eigenvalue weighted by Gasteiger charge is -2.12. The molecule has 0 radical (unpaired) electrons. The molecule has 0 aliphatic carbocycles. The van der Waals surface area contributed by atoms with Gasteiger partial charge in [-0.2, -0.15) is 5.10 Å². The molecule has 2 aromatic carbocycles. The van der Waals surface area contributed by atoms with Gasteiger partial charge in [0.2, 0.25) is 0 Å². The average molecular weight is 405 g/mol. The van der Waals surface area contributed by atoms with E-state index in [1.807, 2.05) is 4.68 Å². The highest BCUT2D eigenvalue weighted by atomic mass is 16.5. The van der Waals surface area contributed by atoms with Gasteiger partial charge in [-0.1, -0.05) is 36.4 Å². The number of benzene rings is 2. The molecule has 156 valence electrons. The summed E-state index contributed by atoms with van der Waals surface area (Å²) in [6.45, 7) is 5.87. The normalized spacial score (nSPS) is 13.0. The molecular formula is C23H28N6O. The fraction of sp³-hybridized carbons (Fsp3) is 0.348. The van der Waals surface area contributed by atoms with E-state index in [0.29, 0.717) is 13.1 Å². The second kappa shape index (κ2) is 9.91. The molecule has 0 unspecified atom stereocenters. The SMILES string of the molecule is CCNC(=NCc1cccc(Cn2cncn2)c1)NCCc1ccc2c(c1)CCO2. The van der Waals surface area contributed by atoms with Gasteiger partial charge in [-0.05, 0) is 41.7 Å². The molecule has 4 rings (SSSR count). The number of guanidine groups is 1. The van der Waals surface area contributed by atoms with Gasteiger partial charge in [-0.25, -0.2) is 14.7 Å². The van der Waals surface area contributed by atoms with Crippen molar-refractivity contribution in [2.45, 2.75) is 32.9 Å². The summed E-state index contributed by atoms with van der Waals surface area (Å²) >= 11 is 0. The second-order valence-corrected chi connectivity index (χ2v) is 7.33. The Balaban J connectivity index is 1.32. The highest BCUT2D eigenvalue weighted by molar-refractivity contribution is 5.79. The Morgan fingerprint density at radius 2 is 2.07 bits per heavy atom. The number of ether oxygens (including phenoxy) is 1. The molecule has 1 aliphatic rings. The van der Waals surface area contributed by atoms with Crippen molar-refractivity contribution < 1.29 is 4.74 Å². The molecule has 0 fully saturated rings. The first-order valence-electron chi connectivity index (χ1n) is 10.5. The van der Waals surface area contributed by atoms with Crippen molar-refractivity contribution in [3.8, 4) is 5.75 Å². The lowest BCUT2D eigenvalue weighted by Crippen LogP contribution is -2.38. The van der Waals surface area contributed by atoms with Crippen LogP contribution in [0.25, 0.3) is 0 Å². The number of hydrogen-bond acceptors (Lipinski definition) is 4. The van der Waals surface area contributed by atoms with Crippen LogP contribution in [-0.4, -0.2) is 40.4 Å². The molecule has 0 saturated heterocycles. The summed E-state index contributed by atoms with van der Waals surface area (Å²) < 4.78 is 7.41. The average Bonchev–Trinajstić information content (AvgIpc) is 3.44. The van der Waals surface area contributed by atoms with Crippen LogP contribution in [0.2, 0.25) is 0 Å². The van der Waals surface area contributed by atoms with Gasteiger partial charge in [0.25, 0.3) is 0 Å². The zero-order valence-electron chi connectivity index (χ0n) is 17.3. The van der Waals surface area contributed by atoms with Gasteiger partial charge in [-0.3, -0.25) is 0 Å². The quantitative estimate of drug-likeness (QED) is 0.446. The third-order valence-corrected chi connectivity index (χ3v) is 5.03. The maximum absolute atomic E-state index is 5.59. The molecule has 0 amide bonds. The number of nitrogens with zero attached hydrogens (tertiary/aromatic N) is 4. The molecule has 0 bridgehead atoms. The Kier molecular flexibility index (Phi) is 6.59. The van der Waals surface area contributed by atoms with Crippen LogP contribution >= 0.6 is 0 Å². The van der Waals surface area contributed by atoms with E-state index in [2.05, 4.69) is 70.1 Å². The van der Waals surface area contributed by atoms with Crippen molar-refractivity contribution in [3.63, 3.8) is 0 Å². The standard InChI is InChI=1S/C23H28N6O/c1-2-25-23(26-10-8-18-6-7-22-21(13-18)9-11-30-22)27-14-19-4-3-5-20(12-19)15-29-17-24-16-28-29/h3-7,12-13,16-17H,2,8-11,14-15H2,1H3,(H2,25,26,27). The summed E-state index contributed by atoms with van der Waals surface area (Å²) in [6, 6.07) is 14.9. The predicted molar refractivity (Wildman–Crippen MR) is 118 cm³/mol. The van der Waals surface area contributed by atoms with Crippen molar-refractivity contribution in [1.82, 2.24) is 25.4 Å². The number of nitrogens with one attached hydrogen (secondary N) is 2.